The van der Waals surface area contributed by atoms with Gasteiger partial charge in [0.05, 0.1) is 13.2 Å². The van der Waals surface area contributed by atoms with E-state index in [1.54, 1.807) is 0 Å². The lowest BCUT2D eigenvalue weighted by Crippen LogP contribution is -2.16. The van der Waals surface area contributed by atoms with Crippen molar-refractivity contribution >= 4 is 5.69 Å². The van der Waals surface area contributed by atoms with Crippen LogP contribution in [0, 0.1) is 0 Å². The molecule has 19 heavy (non-hydrogen) atoms. The minimum Gasteiger partial charge on any atom is -0.490 e. The average Bonchev–Trinajstić information content (AvgIpc) is 2.38. The minimum absolute atomic E-state index is 0.643. The predicted molar refractivity (Wildman–Crippen MR) is 80.4 cm³/mol. The van der Waals surface area contributed by atoms with E-state index in [9.17, 15) is 0 Å². The van der Waals surface area contributed by atoms with Gasteiger partial charge in [0.15, 0.2) is 11.5 Å². The third kappa shape index (κ3) is 5.83. The summed E-state index contributed by atoms with van der Waals surface area (Å²) in [5.41, 5.74) is 1.07. The number of nitrogens with one attached hydrogen (secondary N) is 1. The molecule has 0 spiro atoms. The number of hydrogen-bond donors (Lipinski definition) is 1. The largest absolute Gasteiger partial charge is 0.490 e. The maximum Gasteiger partial charge on any atom is 0.163 e. The summed E-state index contributed by atoms with van der Waals surface area (Å²) in [6.45, 7) is 7.29. The van der Waals surface area contributed by atoms with Gasteiger partial charge < -0.3 is 19.7 Å². The van der Waals surface area contributed by atoms with Gasteiger partial charge in [-0.1, -0.05) is 0 Å². The molecule has 0 aliphatic carbocycles. The normalized spacial score (nSPS) is 10.6. The molecule has 0 aliphatic rings. The number of ether oxygens (including phenoxy) is 2. The second-order valence-corrected chi connectivity index (χ2v) is 4.61. The van der Waals surface area contributed by atoms with Crippen molar-refractivity contribution in [2.24, 2.45) is 0 Å². The van der Waals surface area contributed by atoms with Crippen molar-refractivity contribution in [2.75, 3.05) is 45.7 Å². The van der Waals surface area contributed by atoms with E-state index in [1.165, 1.54) is 0 Å². The van der Waals surface area contributed by atoms with E-state index in [-0.39, 0.29) is 0 Å². The van der Waals surface area contributed by atoms with Gasteiger partial charge in [-0.25, -0.2) is 0 Å². The fraction of sp³-hybridized carbons (Fsp3) is 0.600. The number of nitrogens with zero attached hydrogens (tertiary/aromatic N) is 1. The number of benzene rings is 1. The molecule has 0 atom stereocenters. The van der Waals surface area contributed by atoms with Crippen LogP contribution in [0.3, 0.4) is 0 Å². The topological polar surface area (TPSA) is 33.7 Å². The molecule has 4 nitrogen and oxygen atoms in total. The zero-order valence-electron chi connectivity index (χ0n) is 12.5. The Balaban J connectivity index is 2.56. The van der Waals surface area contributed by atoms with Crippen molar-refractivity contribution in [3.05, 3.63) is 18.2 Å². The van der Waals surface area contributed by atoms with Crippen LogP contribution in [0.25, 0.3) is 0 Å². The van der Waals surface area contributed by atoms with Crippen LogP contribution in [0.1, 0.15) is 20.3 Å². The van der Waals surface area contributed by atoms with E-state index in [0.717, 1.165) is 36.7 Å². The molecule has 0 bridgehead atoms. The first-order valence-electron chi connectivity index (χ1n) is 6.95. The highest BCUT2D eigenvalue weighted by Crippen LogP contribution is 2.30. The molecule has 1 aromatic carbocycles. The summed E-state index contributed by atoms with van der Waals surface area (Å²) in [6, 6.07) is 6.00. The molecule has 0 heterocycles. The molecule has 0 radical (unpaired) electrons. The quantitative estimate of drug-likeness (QED) is 0.697. The van der Waals surface area contributed by atoms with E-state index < -0.39 is 0 Å². The highest BCUT2D eigenvalue weighted by molar-refractivity contribution is 5.54. The lowest BCUT2D eigenvalue weighted by molar-refractivity contribution is 0.288. The van der Waals surface area contributed by atoms with Crippen molar-refractivity contribution in [1.82, 2.24) is 4.90 Å². The first kappa shape index (κ1) is 15.6. The van der Waals surface area contributed by atoms with Gasteiger partial charge in [0.25, 0.3) is 0 Å². The lowest BCUT2D eigenvalue weighted by atomic mass is 10.2. The van der Waals surface area contributed by atoms with Gasteiger partial charge in [0.2, 0.25) is 0 Å². The lowest BCUT2D eigenvalue weighted by Gasteiger charge is -2.14. The molecule has 1 rings (SSSR count). The first-order valence-corrected chi connectivity index (χ1v) is 6.95. The van der Waals surface area contributed by atoms with Gasteiger partial charge in [-0.2, -0.15) is 0 Å². The van der Waals surface area contributed by atoms with Gasteiger partial charge in [0.1, 0.15) is 0 Å². The summed E-state index contributed by atoms with van der Waals surface area (Å²) in [5, 5.41) is 3.41. The van der Waals surface area contributed by atoms with Gasteiger partial charge >= 0.3 is 0 Å². The zero-order valence-corrected chi connectivity index (χ0v) is 12.5. The fourth-order valence-corrected chi connectivity index (χ4v) is 1.79. The summed E-state index contributed by atoms with van der Waals surface area (Å²) in [7, 11) is 4.17. The summed E-state index contributed by atoms with van der Waals surface area (Å²) in [5.74, 6) is 1.62. The Morgan fingerprint density at radius 2 is 1.74 bits per heavy atom. The second-order valence-electron chi connectivity index (χ2n) is 4.61. The Kier molecular flexibility index (Phi) is 7.11. The van der Waals surface area contributed by atoms with E-state index in [4.69, 9.17) is 9.47 Å². The minimum atomic E-state index is 0.643. The molecule has 0 amide bonds. The molecule has 0 saturated heterocycles. The van der Waals surface area contributed by atoms with Crippen molar-refractivity contribution in [3.63, 3.8) is 0 Å². The predicted octanol–water partition coefficient (Wildman–Crippen LogP) is 2.85. The van der Waals surface area contributed by atoms with Crippen LogP contribution < -0.4 is 14.8 Å². The number of anilines is 1. The third-order valence-electron chi connectivity index (χ3n) is 2.65. The maximum atomic E-state index is 5.60. The highest BCUT2D eigenvalue weighted by atomic mass is 16.5. The highest BCUT2D eigenvalue weighted by Gasteiger charge is 2.05. The molecule has 4 heteroatoms. The molecule has 0 aromatic heterocycles. The first-order chi connectivity index (χ1) is 9.17. The van der Waals surface area contributed by atoms with Gasteiger partial charge in [-0.15, -0.1) is 0 Å². The summed E-state index contributed by atoms with van der Waals surface area (Å²) >= 11 is 0. The number of hydrogen-bond acceptors (Lipinski definition) is 4. The Morgan fingerprint density at radius 1 is 1.05 bits per heavy atom. The average molecular weight is 266 g/mol. The molecule has 1 aromatic rings. The van der Waals surface area contributed by atoms with Crippen LogP contribution in [0.15, 0.2) is 18.2 Å². The summed E-state index contributed by atoms with van der Waals surface area (Å²) < 4.78 is 11.1. The molecule has 0 aliphatic heterocycles. The van der Waals surface area contributed by atoms with Crippen molar-refractivity contribution < 1.29 is 9.47 Å². The second kappa shape index (κ2) is 8.64. The maximum absolute atomic E-state index is 5.60. The van der Waals surface area contributed by atoms with E-state index in [1.807, 2.05) is 32.0 Å². The van der Waals surface area contributed by atoms with E-state index in [2.05, 4.69) is 24.3 Å². The van der Waals surface area contributed by atoms with E-state index >= 15 is 0 Å². The van der Waals surface area contributed by atoms with Crippen LogP contribution in [-0.2, 0) is 0 Å². The smallest absolute Gasteiger partial charge is 0.163 e. The molecule has 0 unspecified atom stereocenters. The van der Waals surface area contributed by atoms with E-state index in [0.29, 0.717) is 13.2 Å². The van der Waals surface area contributed by atoms with Crippen molar-refractivity contribution in [3.8, 4) is 11.5 Å². The van der Waals surface area contributed by atoms with Crippen molar-refractivity contribution in [1.29, 1.82) is 0 Å². The third-order valence-corrected chi connectivity index (χ3v) is 2.65. The van der Waals surface area contributed by atoms with Crippen molar-refractivity contribution in [2.45, 2.75) is 20.3 Å². The molecular formula is C15H26N2O2. The zero-order chi connectivity index (χ0) is 14.1. The summed E-state index contributed by atoms with van der Waals surface area (Å²) in [6.07, 6.45) is 1.12. The molecule has 108 valence electrons. The Morgan fingerprint density at radius 3 is 2.37 bits per heavy atom. The van der Waals surface area contributed by atoms with Crippen LogP contribution >= 0.6 is 0 Å². The van der Waals surface area contributed by atoms with Gasteiger partial charge in [-0.05, 0) is 53.0 Å². The SMILES string of the molecule is CCOc1ccc(NCCCN(C)C)cc1OCC. The summed E-state index contributed by atoms with van der Waals surface area (Å²) in [4.78, 5) is 2.19. The molecular weight excluding hydrogens is 240 g/mol. The van der Waals surface area contributed by atoms with Gasteiger partial charge in [0, 0.05) is 18.3 Å². The Hall–Kier alpha value is -1.42. The molecule has 1 N–H and O–H groups in total. The van der Waals surface area contributed by atoms with Gasteiger partial charge in [-0.3, -0.25) is 0 Å². The standard InChI is InChI=1S/C15H26N2O2/c1-5-18-14-9-8-13(12-15(14)19-6-2)16-10-7-11-17(3)4/h8-9,12,16H,5-7,10-11H2,1-4H3. The Labute approximate surface area is 116 Å². The fourth-order valence-electron chi connectivity index (χ4n) is 1.79. The Bertz CT molecular complexity index is 367. The van der Waals surface area contributed by atoms with Crippen LogP contribution in [-0.4, -0.2) is 45.3 Å². The van der Waals surface area contributed by atoms with Crippen LogP contribution in [0.4, 0.5) is 5.69 Å². The van der Waals surface area contributed by atoms with Crippen LogP contribution in [0.2, 0.25) is 0 Å². The number of rotatable bonds is 9. The molecule has 0 fully saturated rings. The van der Waals surface area contributed by atoms with Crippen LogP contribution in [0.5, 0.6) is 11.5 Å². The monoisotopic (exact) mass is 266 g/mol. The molecule has 0 saturated carbocycles.